The van der Waals surface area contributed by atoms with Crippen molar-refractivity contribution in [1.29, 1.82) is 0 Å². The summed E-state index contributed by atoms with van der Waals surface area (Å²) in [6.07, 6.45) is 4.53. The van der Waals surface area contributed by atoms with E-state index in [0.717, 1.165) is 18.7 Å². The van der Waals surface area contributed by atoms with E-state index in [1.54, 1.807) is 6.33 Å². The van der Waals surface area contributed by atoms with Gasteiger partial charge < -0.3 is 4.98 Å². The standard InChI is InChI=1S/C6H7N3/c1-2-7-3-6-5(1)8-4-9-6/h3-4H,1-2H2,(H,8,9). The second kappa shape index (κ2) is 1.69. The number of aromatic nitrogens is 2. The van der Waals surface area contributed by atoms with Crippen molar-refractivity contribution in [1.82, 2.24) is 9.97 Å². The van der Waals surface area contributed by atoms with Crippen molar-refractivity contribution < 1.29 is 0 Å². The van der Waals surface area contributed by atoms with Gasteiger partial charge in [0.15, 0.2) is 0 Å². The first-order chi connectivity index (χ1) is 4.47. The first-order valence-electron chi connectivity index (χ1n) is 2.99. The molecule has 0 unspecified atom stereocenters. The highest BCUT2D eigenvalue weighted by Gasteiger charge is 2.04. The van der Waals surface area contributed by atoms with E-state index in [1.165, 1.54) is 5.69 Å². The molecule has 0 bridgehead atoms. The van der Waals surface area contributed by atoms with Crippen LogP contribution in [-0.4, -0.2) is 22.7 Å². The SMILES string of the molecule is C1=NCCc2[nH]cnc21. The van der Waals surface area contributed by atoms with E-state index in [1.807, 2.05) is 6.21 Å². The van der Waals surface area contributed by atoms with E-state index in [9.17, 15) is 0 Å². The Kier molecular flexibility index (Phi) is 0.886. The van der Waals surface area contributed by atoms with Crippen molar-refractivity contribution in [2.75, 3.05) is 6.54 Å². The number of rotatable bonds is 0. The number of aliphatic imine (C=N–C) groups is 1. The van der Waals surface area contributed by atoms with Crippen molar-refractivity contribution in [2.45, 2.75) is 6.42 Å². The van der Waals surface area contributed by atoms with Gasteiger partial charge in [0.05, 0.1) is 6.33 Å². The number of imidazole rings is 1. The van der Waals surface area contributed by atoms with Gasteiger partial charge in [0.25, 0.3) is 0 Å². The summed E-state index contributed by atoms with van der Waals surface area (Å²) in [6.45, 7) is 0.898. The number of aromatic amines is 1. The van der Waals surface area contributed by atoms with E-state index in [2.05, 4.69) is 15.0 Å². The summed E-state index contributed by atoms with van der Waals surface area (Å²) in [5.74, 6) is 0. The lowest BCUT2D eigenvalue weighted by atomic mass is 10.2. The van der Waals surface area contributed by atoms with Crippen LogP contribution in [0.25, 0.3) is 0 Å². The highest BCUT2D eigenvalue weighted by atomic mass is 14.9. The molecule has 0 saturated carbocycles. The molecule has 0 fully saturated rings. The van der Waals surface area contributed by atoms with Crippen LogP contribution in [-0.2, 0) is 6.42 Å². The van der Waals surface area contributed by atoms with Gasteiger partial charge in [-0.2, -0.15) is 0 Å². The molecule has 0 spiro atoms. The highest BCUT2D eigenvalue weighted by molar-refractivity contribution is 5.79. The van der Waals surface area contributed by atoms with E-state index in [4.69, 9.17) is 0 Å². The van der Waals surface area contributed by atoms with Crippen LogP contribution in [0, 0.1) is 0 Å². The minimum atomic E-state index is 0.898. The molecule has 1 aliphatic rings. The maximum atomic E-state index is 4.08. The minimum absolute atomic E-state index is 0.898. The molecule has 0 saturated heterocycles. The molecular formula is C6H7N3. The molecule has 0 atom stereocenters. The number of hydrogen-bond acceptors (Lipinski definition) is 2. The molecule has 3 nitrogen and oxygen atoms in total. The summed E-state index contributed by atoms with van der Waals surface area (Å²) >= 11 is 0. The Labute approximate surface area is 52.8 Å². The van der Waals surface area contributed by atoms with E-state index in [-0.39, 0.29) is 0 Å². The molecule has 46 valence electrons. The fourth-order valence-electron chi connectivity index (χ4n) is 0.970. The predicted octanol–water partition coefficient (Wildman–Crippen LogP) is 0.385. The lowest BCUT2D eigenvalue weighted by Crippen LogP contribution is -2.01. The number of H-pyrrole nitrogens is 1. The zero-order valence-electron chi connectivity index (χ0n) is 4.96. The number of hydrogen-bond donors (Lipinski definition) is 1. The third-order valence-corrected chi connectivity index (χ3v) is 1.46. The summed E-state index contributed by atoms with van der Waals surface area (Å²) in [4.78, 5) is 11.2. The molecule has 2 heterocycles. The van der Waals surface area contributed by atoms with Gasteiger partial charge in [-0.3, -0.25) is 4.99 Å². The van der Waals surface area contributed by atoms with Crippen LogP contribution < -0.4 is 0 Å². The zero-order chi connectivity index (χ0) is 6.10. The largest absolute Gasteiger partial charge is 0.348 e. The summed E-state index contributed by atoms with van der Waals surface area (Å²) in [5.41, 5.74) is 2.21. The zero-order valence-corrected chi connectivity index (χ0v) is 4.96. The topological polar surface area (TPSA) is 41.0 Å². The molecule has 1 N–H and O–H groups in total. The van der Waals surface area contributed by atoms with Gasteiger partial charge in [0.1, 0.15) is 5.69 Å². The molecular weight excluding hydrogens is 114 g/mol. The van der Waals surface area contributed by atoms with E-state index in [0.29, 0.717) is 0 Å². The van der Waals surface area contributed by atoms with E-state index >= 15 is 0 Å². The highest BCUT2D eigenvalue weighted by Crippen LogP contribution is 2.04. The summed E-state index contributed by atoms with van der Waals surface area (Å²) < 4.78 is 0. The average molecular weight is 121 g/mol. The van der Waals surface area contributed by atoms with Crippen molar-refractivity contribution >= 4 is 6.21 Å². The van der Waals surface area contributed by atoms with E-state index < -0.39 is 0 Å². The Morgan fingerprint density at radius 2 is 2.56 bits per heavy atom. The van der Waals surface area contributed by atoms with Gasteiger partial charge in [0, 0.05) is 24.9 Å². The van der Waals surface area contributed by atoms with Crippen molar-refractivity contribution in [3.8, 4) is 0 Å². The quantitative estimate of drug-likeness (QED) is 0.529. The van der Waals surface area contributed by atoms with Crippen molar-refractivity contribution in [3.63, 3.8) is 0 Å². The lowest BCUT2D eigenvalue weighted by molar-refractivity contribution is 0.919. The maximum absolute atomic E-state index is 4.08. The van der Waals surface area contributed by atoms with Crippen LogP contribution in [0.3, 0.4) is 0 Å². The summed E-state index contributed by atoms with van der Waals surface area (Å²) in [5, 5.41) is 0. The molecule has 9 heavy (non-hydrogen) atoms. The van der Waals surface area contributed by atoms with Crippen LogP contribution >= 0.6 is 0 Å². The number of nitrogens with zero attached hydrogens (tertiary/aromatic N) is 2. The molecule has 0 aliphatic carbocycles. The lowest BCUT2D eigenvalue weighted by Gasteiger charge is -1.99. The Bertz CT molecular complexity index is 236. The molecule has 1 aliphatic heterocycles. The first-order valence-corrected chi connectivity index (χ1v) is 2.99. The molecule has 1 aromatic heterocycles. The fraction of sp³-hybridized carbons (Fsp3) is 0.333. The van der Waals surface area contributed by atoms with Gasteiger partial charge in [0.2, 0.25) is 0 Å². The second-order valence-corrected chi connectivity index (χ2v) is 2.05. The molecule has 2 rings (SSSR count). The van der Waals surface area contributed by atoms with Crippen LogP contribution in [0.1, 0.15) is 11.4 Å². The Hall–Kier alpha value is -1.12. The van der Waals surface area contributed by atoms with Gasteiger partial charge in [-0.05, 0) is 0 Å². The van der Waals surface area contributed by atoms with Crippen molar-refractivity contribution in [2.24, 2.45) is 4.99 Å². The maximum Gasteiger partial charge on any atom is 0.102 e. The summed E-state index contributed by atoms with van der Waals surface area (Å²) in [7, 11) is 0. The van der Waals surface area contributed by atoms with Crippen LogP contribution in [0.5, 0.6) is 0 Å². The third-order valence-electron chi connectivity index (χ3n) is 1.46. The number of fused-ring (bicyclic) bond motifs is 1. The third kappa shape index (κ3) is 0.650. The molecule has 0 radical (unpaired) electrons. The fourth-order valence-corrected chi connectivity index (χ4v) is 0.970. The van der Waals surface area contributed by atoms with Crippen LogP contribution in [0.2, 0.25) is 0 Å². The summed E-state index contributed by atoms with van der Waals surface area (Å²) in [6, 6.07) is 0. The Balaban J connectivity index is 2.53. The predicted molar refractivity (Wildman–Crippen MR) is 34.8 cm³/mol. The smallest absolute Gasteiger partial charge is 0.102 e. The Morgan fingerprint density at radius 3 is 3.44 bits per heavy atom. The number of nitrogens with one attached hydrogen (secondary N) is 1. The van der Waals surface area contributed by atoms with Gasteiger partial charge in [-0.15, -0.1) is 0 Å². The monoisotopic (exact) mass is 121 g/mol. The van der Waals surface area contributed by atoms with Crippen molar-refractivity contribution in [3.05, 3.63) is 17.7 Å². The average Bonchev–Trinajstić information content (AvgIpc) is 2.33. The molecule has 1 aromatic rings. The molecule has 0 aromatic carbocycles. The van der Waals surface area contributed by atoms with Crippen LogP contribution in [0.15, 0.2) is 11.3 Å². The van der Waals surface area contributed by atoms with Crippen LogP contribution in [0.4, 0.5) is 0 Å². The Morgan fingerprint density at radius 1 is 1.56 bits per heavy atom. The van der Waals surface area contributed by atoms with Gasteiger partial charge >= 0.3 is 0 Å². The first kappa shape index (κ1) is 4.73. The minimum Gasteiger partial charge on any atom is -0.348 e. The molecule has 0 amide bonds. The van der Waals surface area contributed by atoms with Gasteiger partial charge in [-0.25, -0.2) is 4.98 Å². The molecule has 3 heteroatoms. The second-order valence-electron chi connectivity index (χ2n) is 2.05. The van der Waals surface area contributed by atoms with Gasteiger partial charge in [-0.1, -0.05) is 0 Å². The normalized spacial score (nSPS) is 15.6.